The number of carbonyl (C=O) groups is 3. The monoisotopic (exact) mass is 661 g/mol. The quantitative estimate of drug-likeness (QED) is 0.196. The van der Waals surface area contributed by atoms with Gasteiger partial charge in [0.1, 0.15) is 36.3 Å². The Hall–Kier alpha value is -4.54. The van der Waals surface area contributed by atoms with Gasteiger partial charge in [-0.05, 0) is 42.4 Å². The number of nitrogens with one attached hydrogen (secondary N) is 2. The van der Waals surface area contributed by atoms with Crippen LogP contribution >= 0.6 is 8.03 Å². The lowest BCUT2D eigenvalue weighted by molar-refractivity contribution is -0.138. The van der Waals surface area contributed by atoms with Crippen molar-refractivity contribution in [3.8, 4) is 22.8 Å². The number of benzene rings is 2. The summed E-state index contributed by atoms with van der Waals surface area (Å²) in [6.07, 6.45) is 4.01. The predicted octanol–water partition coefficient (Wildman–Crippen LogP) is 4.68. The number of pyridine rings is 1. The number of ether oxygens (including phenoxy) is 3. The molecule has 12 nitrogen and oxygen atoms in total. The van der Waals surface area contributed by atoms with Gasteiger partial charge in [-0.2, -0.15) is 4.89 Å². The predicted molar refractivity (Wildman–Crippen MR) is 174 cm³/mol. The molecule has 3 amide bonds. The summed E-state index contributed by atoms with van der Waals surface area (Å²) >= 11 is 0. The van der Waals surface area contributed by atoms with Crippen LogP contribution in [0.25, 0.3) is 22.2 Å². The van der Waals surface area contributed by atoms with Crippen molar-refractivity contribution in [2.45, 2.75) is 62.1 Å². The van der Waals surface area contributed by atoms with E-state index >= 15 is 0 Å². The van der Waals surface area contributed by atoms with Crippen LogP contribution in [0.3, 0.4) is 0 Å². The van der Waals surface area contributed by atoms with Crippen LogP contribution in [0.15, 0.2) is 67.3 Å². The van der Waals surface area contributed by atoms with Crippen LogP contribution < -0.4 is 20.1 Å². The molecule has 2 unspecified atom stereocenters. The zero-order valence-corrected chi connectivity index (χ0v) is 27.0. The highest BCUT2D eigenvalue weighted by molar-refractivity contribution is 7.40. The van der Waals surface area contributed by atoms with Crippen LogP contribution in [-0.2, 0) is 18.9 Å². The van der Waals surface area contributed by atoms with Gasteiger partial charge in [-0.15, -0.1) is 6.58 Å². The zero-order valence-electron chi connectivity index (χ0n) is 26.1. The first-order valence-corrected chi connectivity index (χ1v) is 17.0. The molecule has 2 aliphatic carbocycles. The number of aromatic nitrogens is 1. The smallest absolute Gasteiger partial charge is 0.497 e. The molecule has 246 valence electrons. The van der Waals surface area contributed by atoms with Crippen LogP contribution in [0.4, 0.5) is 4.79 Å². The third-order valence-corrected chi connectivity index (χ3v) is 10.4. The summed E-state index contributed by atoms with van der Waals surface area (Å²) in [7, 11) is -1.18. The summed E-state index contributed by atoms with van der Waals surface area (Å²) in [5.41, 5.74) is 2.19. The number of nitrogens with zero attached hydrogens (tertiary/aromatic N) is 2. The Morgan fingerprint density at radius 2 is 1.89 bits per heavy atom. The second-order valence-corrected chi connectivity index (χ2v) is 13.5. The summed E-state index contributed by atoms with van der Waals surface area (Å²) in [5, 5.41) is 4.65. The van der Waals surface area contributed by atoms with Gasteiger partial charge in [-0.3, -0.25) is 9.59 Å². The van der Waals surface area contributed by atoms with Crippen molar-refractivity contribution in [2.24, 2.45) is 5.92 Å². The molecule has 0 radical (unpaired) electrons. The van der Waals surface area contributed by atoms with Crippen LogP contribution in [0.1, 0.15) is 38.5 Å². The van der Waals surface area contributed by atoms with Gasteiger partial charge in [0.15, 0.2) is 0 Å². The fraction of sp³-hybridized carbons (Fsp3) is 0.412. The molecule has 2 heterocycles. The first-order chi connectivity index (χ1) is 22.7. The van der Waals surface area contributed by atoms with Crippen molar-refractivity contribution in [3.05, 3.63) is 67.3 Å². The number of methoxy groups -OCH3 is 1. The minimum Gasteiger partial charge on any atom is -0.497 e. The molecule has 13 heteroatoms. The average Bonchev–Trinajstić information content (AvgIpc) is 3.35. The number of amides is 3. The minimum atomic E-state index is -2.76. The van der Waals surface area contributed by atoms with E-state index in [4.69, 9.17) is 19.2 Å². The maximum atomic E-state index is 13.7. The number of rotatable bonds is 11. The van der Waals surface area contributed by atoms with Gasteiger partial charge in [-0.1, -0.05) is 36.4 Å². The van der Waals surface area contributed by atoms with Crippen LogP contribution in [0.5, 0.6) is 11.5 Å². The minimum absolute atomic E-state index is 0.0417. The second kappa shape index (κ2) is 13.7. The van der Waals surface area contributed by atoms with Gasteiger partial charge in [0.05, 0.1) is 30.8 Å². The third-order valence-electron chi connectivity index (χ3n) is 9.14. The van der Waals surface area contributed by atoms with E-state index in [0.29, 0.717) is 22.7 Å². The topological polar surface area (TPSA) is 156 Å². The van der Waals surface area contributed by atoms with Crippen molar-refractivity contribution in [1.29, 1.82) is 0 Å². The highest BCUT2D eigenvalue weighted by atomic mass is 31.1. The molecule has 1 aromatic heterocycles. The highest BCUT2D eigenvalue weighted by Gasteiger charge is 2.70. The zero-order chi connectivity index (χ0) is 33.1. The number of hydrogen-bond donors (Lipinski definition) is 3. The average molecular weight is 662 g/mol. The third kappa shape index (κ3) is 6.94. The maximum absolute atomic E-state index is 13.7. The normalized spacial score (nSPS) is 24.0. The Bertz CT molecular complexity index is 1700. The number of hydrogen-bond acceptors (Lipinski definition) is 8. The molecule has 1 aliphatic heterocycles. The van der Waals surface area contributed by atoms with E-state index < -0.39 is 43.4 Å². The summed E-state index contributed by atoms with van der Waals surface area (Å²) < 4.78 is 29.7. The summed E-state index contributed by atoms with van der Waals surface area (Å²) in [4.78, 5) is 55.9. The van der Waals surface area contributed by atoms with E-state index in [2.05, 4.69) is 17.2 Å². The van der Waals surface area contributed by atoms with E-state index in [-0.39, 0.29) is 38.0 Å². The van der Waals surface area contributed by atoms with Crippen molar-refractivity contribution in [2.75, 3.05) is 20.2 Å². The molecule has 2 aromatic carbocycles. The van der Waals surface area contributed by atoms with Crippen molar-refractivity contribution in [1.82, 2.24) is 20.5 Å². The lowest BCUT2D eigenvalue weighted by Crippen LogP contribution is -2.51. The molecule has 3 N–H and O–H groups in total. The van der Waals surface area contributed by atoms with Crippen molar-refractivity contribution >= 4 is 36.8 Å². The molecule has 5 atom stereocenters. The molecule has 6 rings (SSSR count). The summed E-state index contributed by atoms with van der Waals surface area (Å²) in [6.45, 7) is 3.37. The van der Waals surface area contributed by atoms with Crippen molar-refractivity contribution in [3.63, 3.8) is 0 Å². The number of carbonyl (C=O) groups excluding carboxylic acids is 3. The standard InChI is InChI=1S/C34H37N4O8P/c1-3-22-18-34(22,47(42)43)37-32(40)29-16-25(20-38(29)31(39)19-35-33(41)46-23-11-7-8-12-23)45-30-17-27(21-9-5-4-6-10-21)36-28-15-24(44-2)13-14-26(28)30/h3-6,9-10,13-15,17,22-23,25,29H,1,7-8,11-12,16,18-20H2,2H3,(H2-,35,37,40,41,42,43)/p+1/t22-,25?,29+,34+/m1/s1. The van der Waals surface area contributed by atoms with Gasteiger partial charge < -0.3 is 29.7 Å². The summed E-state index contributed by atoms with van der Waals surface area (Å²) in [5.74, 6) is -0.302. The first kappa shape index (κ1) is 32.4. The van der Waals surface area contributed by atoms with Crippen LogP contribution in [0.2, 0.25) is 0 Å². The Morgan fingerprint density at radius 3 is 2.57 bits per heavy atom. The van der Waals surface area contributed by atoms with E-state index in [1.165, 1.54) is 4.90 Å². The molecule has 3 aromatic rings. The van der Waals surface area contributed by atoms with Gasteiger partial charge >= 0.3 is 14.1 Å². The molecule has 47 heavy (non-hydrogen) atoms. The Kier molecular flexibility index (Phi) is 9.42. The molecule has 0 spiro atoms. The lowest BCUT2D eigenvalue weighted by Gasteiger charge is -2.24. The fourth-order valence-corrected chi connectivity index (χ4v) is 7.40. The Morgan fingerprint density at radius 1 is 1.13 bits per heavy atom. The molecular weight excluding hydrogens is 623 g/mol. The first-order valence-electron chi connectivity index (χ1n) is 15.8. The van der Waals surface area contributed by atoms with Gasteiger partial charge in [0, 0.05) is 35.9 Å². The fourth-order valence-electron chi connectivity index (χ4n) is 6.46. The summed E-state index contributed by atoms with van der Waals surface area (Å²) in [6, 6.07) is 15.9. The Labute approximate surface area is 273 Å². The molecule has 3 aliphatic rings. The number of alkyl carbamates (subject to hydrolysis) is 1. The van der Waals surface area contributed by atoms with Gasteiger partial charge in [-0.25, -0.2) is 9.78 Å². The lowest BCUT2D eigenvalue weighted by atomic mass is 10.1. The molecule has 0 bridgehead atoms. The van der Waals surface area contributed by atoms with E-state index in [1.807, 2.05) is 48.5 Å². The molecule has 3 fully saturated rings. The second-order valence-electron chi connectivity index (χ2n) is 12.2. The van der Waals surface area contributed by atoms with Crippen LogP contribution in [0, 0.1) is 5.92 Å². The SMILES string of the molecule is C=C[C@@H]1C[C@]1(NC(=O)[C@@H]1CC(Oc2cc(-c3ccccc3)nc3cc(OC)ccc23)CN1C(=O)CNC(=O)OC1CCCC1)[P+](=O)O. The van der Waals surface area contributed by atoms with E-state index in [0.717, 1.165) is 36.6 Å². The van der Waals surface area contributed by atoms with Crippen LogP contribution in [-0.4, -0.2) is 76.4 Å². The maximum Gasteiger partial charge on any atom is 0.534 e. The molecule has 2 saturated carbocycles. The van der Waals surface area contributed by atoms with Gasteiger partial charge in [0.25, 0.3) is 5.28 Å². The van der Waals surface area contributed by atoms with E-state index in [1.54, 1.807) is 19.3 Å². The highest BCUT2D eigenvalue weighted by Crippen LogP contribution is 2.58. The Balaban J connectivity index is 1.25. The number of likely N-dealkylation sites (tertiary alicyclic amines) is 1. The number of fused-ring (bicyclic) bond motifs is 1. The molecule has 1 saturated heterocycles. The largest absolute Gasteiger partial charge is 0.534 e. The van der Waals surface area contributed by atoms with E-state index in [9.17, 15) is 23.8 Å². The van der Waals surface area contributed by atoms with Gasteiger partial charge in [0.2, 0.25) is 11.8 Å². The molecular formula is C34H38N4O8P+. The van der Waals surface area contributed by atoms with Crippen molar-refractivity contribution < 1.29 is 38.1 Å².